The fraction of sp³-hybridized carbons (Fsp3) is 0.194. The Hall–Kier alpha value is -4.03. The van der Waals surface area contributed by atoms with Gasteiger partial charge in [0.2, 0.25) is 0 Å². The standard InChI is InChI=1S/C31H24O5S/c32-25(29-16-22-8-4-5-9-28(22)37-29)15-14-23-24-17-30(33)35-27(24)18-26(23)36-31(34)21-12-10-20(11-13-21)19-6-2-1-3-7-19/h1-16,23-24,26-27H,17-18H2/t23-,24-,26-,27+/m1/s1. The molecule has 3 aromatic carbocycles. The first kappa shape index (κ1) is 23.4. The average Bonchev–Trinajstić information content (AvgIpc) is 3.60. The summed E-state index contributed by atoms with van der Waals surface area (Å²) in [7, 11) is 0. The number of ketones is 1. The molecular formula is C31H24O5S. The molecule has 37 heavy (non-hydrogen) atoms. The number of fused-ring (bicyclic) bond motifs is 2. The van der Waals surface area contributed by atoms with Crippen molar-refractivity contribution in [2.24, 2.45) is 11.8 Å². The molecule has 4 aromatic rings. The van der Waals surface area contributed by atoms with Crippen LogP contribution in [0.1, 0.15) is 32.9 Å². The summed E-state index contributed by atoms with van der Waals surface area (Å²) >= 11 is 1.45. The molecule has 6 heteroatoms. The van der Waals surface area contributed by atoms with Gasteiger partial charge in [-0.05, 0) is 46.9 Å². The summed E-state index contributed by atoms with van der Waals surface area (Å²) in [5.41, 5.74) is 2.54. The number of esters is 2. The number of carbonyl (C=O) groups excluding carboxylic acids is 3. The van der Waals surface area contributed by atoms with E-state index >= 15 is 0 Å². The van der Waals surface area contributed by atoms with Crippen LogP contribution in [0, 0.1) is 11.8 Å². The molecule has 2 aliphatic rings. The summed E-state index contributed by atoms with van der Waals surface area (Å²) < 4.78 is 12.5. The topological polar surface area (TPSA) is 69.7 Å². The Morgan fingerprint density at radius 1 is 0.919 bits per heavy atom. The predicted octanol–water partition coefficient (Wildman–Crippen LogP) is 6.48. The molecule has 1 saturated carbocycles. The highest BCUT2D eigenvalue weighted by Crippen LogP contribution is 2.44. The molecule has 2 fully saturated rings. The van der Waals surface area contributed by atoms with Gasteiger partial charge >= 0.3 is 11.9 Å². The van der Waals surface area contributed by atoms with Gasteiger partial charge < -0.3 is 9.47 Å². The van der Waals surface area contributed by atoms with Gasteiger partial charge in [-0.25, -0.2) is 4.79 Å². The SMILES string of the molecule is O=C1C[C@@H]2[C@@H](C=CC(=O)c3cc4ccccc4s3)[C@H](OC(=O)c3ccc(-c4ccccc4)cc3)C[C@@H]2O1. The molecule has 1 aliphatic heterocycles. The van der Waals surface area contributed by atoms with Gasteiger partial charge in [0.1, 0.15) is 12.2 Å². The molecule has 5 nitrogen and oxygen atoms in total. The fourth-order valence-corrected chi connectivity index (χ4v) is 6.29. The summed E-state index contributed by atoms with van der Waals surface area (Å²) in [5, 5.41) is 1.03. The summed E-state index contributed by atoms with van der Waals surface area (Å²) in [6.45, 7) is 0. The first-order chi connectivity index (χ1) is 18.0. The van der Waals surface area contributed by atoms with Gasteiger partial charge in [-0.2, -0.15) is 0 Å². The van der Waals surface area contributed by atoms with E-state index in [2.05, 4.69) is 0 Å². The van der Waals surface area contributed by atoms with Crippen molar-refractivity contribution in [1.82, 2.24) is 0 Å². The van der Waals surface area contributed by atoms with Crippen molar-refractivity contribution in [2.75, 3.05) is 0 Å². The Morgan fingerprint density at radius 2 is 1.65 bits per heavy atom. The van der Waals surface area contributed by atoms with Crippen molar-refractivity contribution in [3.05, 3.63) is 108 Å². The Kier molecular flexibility index (Phi) is 6.18. The van der Waals surface area contributed by atoms with Crippen LogP contribution in [-0.4, -0.2) is 29.9 Å². The molecule has 2 heterocycles. The maximum absolute atomic E-state index is 13.0. The van der Waals surface area contributed by atoms with Crippen LogP contribution < -0.4 is 0 Å². The maximum atomic E-state index is 13.0. The van der Waals surface area contributed by atoms with Crippen LogP contribution in [0.4, 0.5) is 0 Å². The Labute approximate surface area is 218 Å². The normalized spacial score (nSPS) is 22.8. The zero-order chi connectivity index (χ0) is 25.4. The molecule has 184 valence electrons. The number of benzene rings is 3. The molecule has 0 unspecified atom stereocenters. The van der Waals surface area contributed by atoms with Crippen molar-refractivity contribution in [2.45, 2.75) is 25.0 Å². The fourth-order valence-electron chi connectivity index (χ4n) is 5.31. The quantitative estimate of drug-likeness (QED) is 0.169. The van der Waals surface area contributed by atoms with Gasteiger partial charge in [0.05, 0.1) is 16.9 Å². The highest BCUT2D eigenvalue weighted by Gasteiger charge is 2.50. The van der Waals surface area contributed by atoms with E-state index in [1.165, 1.54) is 11.3 Å². The Bertz CT molecular complexity index is 1470. The van der Waals surface area contributed by atoms with Gasteiger partial charge in [-0.15, -0.1) is 11.3 Å². The minimum Gasteiger partial charge on any atom is -0.462 e. The monoisotopic (exact) mass is 508 g/mol. The van der Waals surface area contributed by atoms with Crippen molar-refractivity contribution in [3.8, 4) is 11.1 Å². The van der Waals surface area contributed by atoms with E-state index in [-0.39, 0.29) is 36.1 Å². The zero-order valence-electron chi connectivity index (χ0n) is 19.9. The lowest BCUT2D eigenvalue weighted by Crippen LogP contribution is -2.25. The lowest BCUT2D eigenvalue weighted by Gasteiger charge is -2.20. The van der Waals surface area contributed by atoms with Crippen LogP contribution in [-0.2, 0) is 14.3 Å². The lowest BCUT2D eigenvalue weighted by atomic mass is 9.91. The van der Waals surface area contributed by atoms with E-state index in [1.807, 2.05) is 72.8 Å². The first-order valence-corrected chi connectivity index (χ1v) is 13.1. The molecule has 0 radical (unpaired) electrons. The first-order valence-electron chi connectivity index (χ1n) is 12.3. The van der Waals surface area contributed by atoms with E-state index in [0.29, 0.717) is 16.9 Å². The average molecular weight is 509 g/mol. The van der Waals surface area contributed by atoms with Crippen LogP contribution in [0.2, 0.25) is 0 Å². The van der Waals surface area contributed by atoms with Crippen LogP contribution in [0.15, 0.2) is 97.1 Å². The molecule has 6 rings (SSSR count). The minimum atomic E-state index is -0.476. The van der Waals surface area contributed by atoms with Crippen LogP contribution in [0.25, 0.3) is 21.2 Å². The Morgan fingerprint density at radius 3 is 2.43 bits per heavy atom. The van der Waals surface area contributed by atoms with Gasteiger partial charge in [0.15, 0.2) is 5.78 Å². The summed E-state index contributed by atoms with van der Waals surface area (Å²) in [5.74, 6) is -1.16. The molecule has 0 bridgehead atoms. The molecule has 1 saturated heterocycles. The van der Waals surface area contributed by atoms with E-state index in [9.17, 15) is 14.4 Å². The van der Waals surface area contributed by atoms with Crippen molar-refractivity contribution in [3.63, 3.8) is 0 Å². The lowest BCUT2D eigenvalue weighted by molar-refractivity contribution is -0.141. The number of rotatable bonds is 6. The third kappa shape index (κ3) is 4.72. The largest absolute Gasteiger partial charge is 0.462 e. The molecule has 0 amide bonds. The third-order valence-corrected chi connectivity index (χ3v) is 8.31. The second-order valence-corrected chi connectivity index (χ2v) is 10.6. The van der Waals surface area contributed by atoms with Crippen molar-refractivity contribution < 1.29 is 23.9 Å². The highest BCUT2D eigenvalue weighted by atomic mass is 32.1. The zero-order valence-corrected chi connectivity index (χ0v) is 20.7. The molecule has 1 aliphatic carbocycles. The predicted molar refractivity (Wildman–Crippen MR) is 142 cm³/mol. The van der Waals surface area contributed by atoms with Gasteiger partial charge in [0.25, 0.3) is 0 Å². The van der Waals surface area contributed by atoms with Gasteiger partial charge in [-0.1, -0.05) is 66.7 Å². The van der Waals surface area contributed by atoms with Crippen LogP contribution in [0.5, 0.6) is 0 Å². The van der Waals surface area contributed by atoms with Gasteiger partial charge in [-0.3, -0.25) is 9.59 Å². The van der Waals surface area contributed by atoms with E-state index in [4.69, 9.17) is 9.47 Å². The number of thiophene rings is 1. The molecule has 0 N–H and O–H groups in total. The Balaban J connectivity index is 1.19. The minimum absolute atomic E-state index is 0.100. The number of allylic oxidation sites excluding steroid dienone is 1. The number of hydrogen-bond acceptors (Lipinski definition) is 6. The van der Waals surface area contributed by atoms with E-state index in [1.54, 1.807) is 24.3 Å². The number of ether oxygens (including phenoxy) is 2. The summed E-state index contributed by atoms with van der Waals surface area (Å²) in [4.78, 5) is 38.6. The smallest absolute Gasteiger partial charge is 0.338 e. The number of carbonyl (C=O) groups is 3. The molecule has 1 aromatic heterocycles. The van der Waals surface area contributed by atoms with Crippen LogP contribution in [0.3, 0.4) is 0 Å². The maximum Gasteiger partial charge on any atom is 0.338 e. The molecular weight excluding hydrogens is 484 g/mol. The summed E-state index contributed by atoms with van der Waals surface area (Å²) in [6.07, 6.45) is 3.26. The van der Waals surface area contributed by atoms with E-state index < -0.39 is 12.1 Å². The van der Waals surface area contributed by atoms with Crippen molar-refractivity contribution in [1.29, 1.82) is 0 Å². The third-order valence-electron chi connectivity index (χ3n) is 7.18. The van der Waals surface area contributed by atoms with Crippen molar-refractivity contribution >= 4 is 39.1 Å². The summed E-state index contributed by atoms with van der Waals surface area (Å²) in [6, 6.07) is 27.0. The highest BCUT2D eigenvalue weighted by molar-refractivity contribution is 7.21. The van der Waals surface area contributed by atoms with Crippen LogP contribution >= 0.6 is 11.3 Å². The molecule has 4 atom stereocenters. The second-order valence-electron chi connectivity index (χ2n) is 9.47. The van der Waals surface area contributed by atoms with Gasteiger partial charge in [0, 0.05) is 23.0 Å². The molecule has 0 spiro atoms. The second kappa shape index (κ2) is 9.79. The van der Waals surface area contributed by atoms with E-state index in [0.717, 1.165) is 21.2 Å². The number of hydrogen-bond donors (Lipinski definition) is 0.